The predicted octanol–water partition coefficient (Wildman–Crippen LogP) is 3.14. The Bertz CT molecular complexity index is 318. The molecule has 0 aromatic rings. The van der Waals surface area contributed by atoms with Crippen LogP contribution in [0.15, 0.2) is 36.1 Å². The second-order valence-electron chi connectivity index (χ2n) is 3.74. The molecule has 0 aliphatic carbocycles. The van der Waals surface area contributed by atoms with E-state index in [0.29, 0.717) is 13.2 Å². The number of nitrogens with zero attached hydrogens (tertiary/aromatic N) is 1. The third-order valence-electron chi connectivity index (χ3n) is 2.20. The second kappa shape index (κ2) is 6.49. The predicted molar refractivity (Wildman–Crippen MR) is 62.6 cm³/mol. The van der Waals surface area contributed by atoms with Gasteiger partial charge < -0.3 is 9.64 Å². The van der Waals surface area contributed by atoms with Gasteiger partial charge in [0.05, 0.1) is 12.2 Å². The van der Waals surface area contributed by atoms with Crippen LogP contribution in [0, 0.1) is 0 Å². The van der Waals surface area contributed by atoms with Crippen molar-refractivity contribution in [3.8, 4) is 0 Å². The zero-order chi connectivity index (χ0) is 13.6. The third kappa shape index (κ3) is 5.58. The molecule has 98 valence electrons. The van der Waals surface area contributed by atoms with Gasteiger partial charge >= 0.3 is 6.18 Å². The van der Waals surface area contributed by atoms with Crippen molar-refractivity contribution in [2.45, 2.75) is 13.1 Å². The summed E-state index contributed by atoms with van der Waals surface area (Å²) in [6, 6.07) is 0. The molecule has 0 aromatic heterocycles. The van der Waals surface area contributed by atoms with Crippen molar-refractivity contribution >= 4 is 0 Å². The van der Waals surface area contributed by atoms with E-state index in [0.717, 1.165) is 6.08 Å². The molecule has 2 nitrogen and oxygen atoms in total. The van der Waals surface area contributed by atoms with Gasteiger partial charge in [0.15, 0.2) is 0 Å². The number of likely N-dealkylation sites (N-methyl/N-ethyl adjacent to an activating group) is 1. The summed E-state index contributed by atoms with van der Waals surface area (Å²) in [5, 5.41) is 0. The van der Waals surface area contributed by atoms with Gasteiger partial charge in [0, 0.05) is 26.4 Å². The lowest BCUT2D eigenvalue weighted by Gasteiger charge is -2.20. The number of ether oxygens (including phenoxy) is 1. The minimum absolute atomic E-state index is 0.0289. The Balaban J connectivity index is 4.84. The Hall–Kier alpha value is -1.23. The number of hydrogen-bond donors (Lipinski definition) is 0. The van der Waals surface area contributed by atoms with Crippen molar-refractivity contribution in [3.05, 3.63) is 36.1 Å². The molecule has 0 aromatic carbocycles. The van der Waals surface area contributed by atoms with Gasteiger partial charge in [0.2, 0.25) is 0 Å². The Kier molecular flexibility index (Phi) is 6.02. The van der Waals surface area contributed by atoms with Crippen LogP contribution in [0.5, 0.6) is 0 Å². The molecule has 0 unspecified atom stereocenters. The number of allylic oxidation sites excluding steroid dienone is 3. The Morgan fingerprint density at radius 1 is 1.35 bits per heavy atom. The SMILES string of the molecule is C=C(C)/C(=C\C(=C)N(C)CCOC)C(F)(F)F. The van der Waals surface area contributed by atoms with Gasteiger partial charge in [-0.05, 0) is 18.6 Å². The van der Waals surface area contributed by atoms with Gasteiger partial charge in [0.1, 0.15) is 0 Å². The van der Waals surface area contributed by atoms with Crippen LogP contribution in [0.4, 0.5) is 13.2 Å². The van der Waals surface area contributed by atoms with E-state index in [1.54, 1.807) is 11.9 Å². The zero-order valence-corrected chi connectivity index (χ0v) is 10.4. The summed E-state index contributed by atoms with van der Waals surface area (Å²) in [6.45, 7) is 9.15. The Labute approximate surface area is 100 Å². The molecule has 0 aliphatic heterocycles. The summed E-state index contributed by atoms with van der Waals surface area (Å²) in [7, 11) is 3.19. The molecule has 0 amide bonds. The molecule has 0 fully saturated rings. The summed E-state index contributed by atoms with van der Waals surface area (Å²) >= 11 is 0. The average Bonchev–Trinajstić information content (AvgIpc) is 2.19. The highest BCUT2D eigenvalue weighted by Crippen LogP contribution is 2.31. The highest BCUT2D eigenvalue weighted by molar-refractivity contribution is 5.36. The standard InChI is InChI=1S/C12H18F3NO/c1-9(2)11(12(13,14)15)8-10(3)16(4)6-7-17-5/h8H,1,3,6-7H2,2,4-5H3/b11-8+. The molecule has 0 bridgehead atoms. The quantitative estimate of drug-likeness (QED) is 0.670. The van der Waals surface area contributed by atoms with Crippen molar-refractivity contribution in [3.63, 3.8) is 0 Å². The van der Waals surface area contributed by atoms with Gasteiger partial charge in [-0.15, -0.1) is 0 Å². The largest absolute Gasteiger partial charge is 0.416 e. The van der Waals surface area contributed by atoms with E-state index in [9.17, 15) is 13.2 Å². The molecule has 0 aliphatic rings. The van der Waals surface area contributed by atoms with Gasteiger partial charge in [-0.25, -0.2) is 0 Å². The first-order valence-electron chi connectivity index (χ1n) is 5.04. The van der Waals surface area contributed by atoms with E-state index in [2.05, 4.69) is 13.2 Å². The van der Waals surface area contributed by atoms with Crippen LogP contribution in [0.2, 0.25) is 0 Å². The summed E-state index contributed by atoms with van der Waals surface area (Å²) < 4.78 is 42.7. The van der Waals surface area contributed by atoms with Crippen molar-refractivity contribution in [2.75, 3.05) is 27.3 Å². The van der Waals surface area contributed by atoms with Crippen LogP contribution in [0.1, 0.15) is 6.92 Å². The highest BCUT2D eigenvalue weighted by atomic mass is 19.4. The fourth-order valence-corrected chi connectivity index (χ4v) is 1.10. The van der Waals surface area contributed by atoms with Gasteiger partial charge in [-0.1, -0.05) is 13.2 Å². The maximum atomic E-state index is 12.6. The monoisotopic (exact) mass is 249 g/mol. The first-order valence-corrected chi connectivity index (χ1v) is 5.04. The first kappa shape index (κ1) is 15.8. The van der Waals surface area contributed by atoms with Crippen LogP contribution in [-0.2, 0) is 4.74 Å². The molecule has 5 heteroatoms. The number of hydrogen-bond acceptors (Lipinski definition) is 2. The first-order chi connectivity index (χ1) is 7.70. The highest BCUT2D eigenvalue weighted by Gasteiger charge is 2.34. The van der Waals surface area contributed by atoms with Crippen molar-refractivity contribution in [1.82, 2.24) is 4.90 Å². The van der Waals surface area contributed by atoms with Crippen molar-refractivity contribution < 1.29 is 17.9 Å². The number of rotatable bonds is 6. The second-order valence-corrected chi connectivity index (χ2v) is 3.74. The molecular weight excluding hydrogens is 231 g/mol. The smallest absolute Gasteiger partial charge is 0.383 e. The number of methoxy groups -OCH3 is 1. The van der Waals surface area contributed by atoms with Crippen LogP contribution in [-0.4, -0.2) is 38.4 Å². The molecule has 0 radical (unpaired) electrons. The molecular formula is C12H18F3NO. The fraction of sp³-hybridized carbons (Fsp3) is 0.500. The molecule has 0 N–H and O–H groups in total. The van der Waals surface area contributed by atoms with Gasteiger partial charge in [0.25, 0.3) is 0 Å². The lowest BCUT2D eigenvalue weighted by atomic mass is 10.1. The van der Waals surface area contributed by atoms with Crippen LogP contribution >= 0.6 is 0 Å². The Morgan fingerprint density at radius 2 is 1.88 bits per heavy atom. The maximum Gasteiger partial charge on any atom is 0.416 e. The lowest BCUT2D eigenvalue weighted by Crippen LogP contribution is -2.22. The Morgan fingerprint density at radius 3 is 2.24 bits per heavy atom. The van der Waals surface area contributed by atoms with Gasteiger partial charge in [-0.2, -0.15) is 13.2 Å². The van der Waals surface area contributed by atoms with Crippen LogP contribution in [0.25, 0.3) is 0 Å². The fourth-order valence-electron chi connectivity index (χ4n) is 1.10. The van der Waals surface area contributed by atoms with Crippen molar-refractivity contribution in [2.24, 2.45) is 0 Å². The average molecular weight is 249 g/mol. The van der Waals surface area contributed by atoms with E-state index in [-0.39, 0.29) is 11.3 Å². The molecule has 0 saturated heterocycles. The summed E-state index contributed by atoms with van der Waals surface area (Å²) in [4.78, 5) is 1.60. The van der Waals surface area contributed by atoms with Crippen molar-refractivity contribution in [1.29, 1.82) is 0 Å². The molecule has 0 spiro atoms. The summed E-state index contributed by atoms with van der Waals surface area (Å²) in [5.74, 6) is 0. The topological polar surface area (TPSA) is 12.5 Å². The summed E-state index contributed by atoms with van der Waals surface area (Å²) in [5.41, 5.74) is -0.511. The minimum atomic E-state index is -4.41. The zero-order valence-electron chi connectivity index (χ0n) is 10.4. The van der Waals surface area contributed by atoms with E-state index in [1.807, 2.05) is 0 Å². The number of alkyl halides is 3. The normalized spacial score (nSPS) is 12.5. The molecule has 17 heavy (non-hydrogen) atoms. The van der Waals surface area contributed by atoms with Crippen LogP contribution in [0.3, 0.4) is 0 Å². The summed E-state index contributed by atoms with van der Waals surface area (Å²) in [6.07, 6.45) is -3.41. The molecule has 0 rings (SSSR count). The van der Waals surface area contributed by atoms with E-state index in [1.165, 1.54) is 14.0 Å². The van der Waals surface area contributed by atoms with Gasteiger partial charge in [-0.3, -0.25) is 0 Å². The van der Waals surface area contributed by atoms with E-state index >= 15 is 0 Å². The van der Waals surface area contributed by atoms with E-state index in [4.69, 9.17) is 4.74 Å². The van der Waals surface area contributed by atoms with E-state index < -0.39 is 11.7 Å². The maximum absolute atomic E-state index is 12.6. The molecule has 0 heterocycles. The molecule has 0 atom stereocenters. The lowest BCUT2D eigenvalue weighted by molar-refractivity contribution is -0.0893. The molecule has 0 saturated carbocycles. The number of halogens is 3. The van der Waals surface area contributed by atoms with Crippen LogP contribution < -0.4 is 0 Å². The minimum Gasteiger partial charge on any atom is -0.383 e. The third-order valence-corrected chi connectivity index (χ3v) is 2.20.